The van der Waals surface area contributed by atoms with Crippen molar-refractivity contribution in [1.82, 2.24) is 16.0 Å². The second-order valence-corrected chi connectivity index (χ2v) is 16.4. The first-order valence-electron chi connectivity index (χ1n) is 21.1. The van der Waals surface area contributed by atoms with Crippen molar-refractivity contribution in [2.24, 2.45) is 0 Å². The molecule has 382 valence electrons. The molecule has 0 aromatic heterocycles. The predicted octanol–water partition coefficient (Wildman–Crippen LogP) is -11.1. The first-order valence-corrected chi connectivity index (χ1v) is 21.1. The van der Waals surface area contributed by atoms with Crippen LogP contribution in [0.1, 0.15) is 27.2 Å². The van der Waals surface area contributed by atoms with Crippen LogP contribution in [0.25, 0.3) is 0 Å². The molecule has 3 amide bonds. The van der Waals surface area contributed by atoms with E-state index in [-0.39, 0.29) is 6.42 Å². The molecule has 0 aliphatic carbocycles. The minimum Gasteiger partial charge on any atom is -0.394 e. The number of ether oxygens (including phenoxy) is 9. The van der Waals surface area contributed by atoms with Crippen molar-refractivity contribution in [3.05, 3.63) is 0 Å². The third kappa shape index (κ3) is 12.1. The highest BCUT2D eigenvalue weighted by atomic mass is 16.8. The molecular formula is C37H63N3O26. The van der Waals surface area contributed by atoms with Gasteiger partial charge >= 0.3 is 0 Å². The van der Waals surface area contributed by atoms with Gasteiger partial charge in [0.05, 0.1) is 33.0 Å². The van der Waals surface area contributed by atoms with E-state index in [2.05, 4.69) is 16.0 Å². The van der Waals surface area contributed by atoms with Gasteiger partial charge in [-0.25, -0.2) is 0 Å². The summed E-state index contributed by atoms with van der Waals surface area (Å²) < 4.78 is 51.7. The molecule has 0 bridgehead atoms. The molecule has 0 spiro atoms. The zero-order valence-corrected chi connectivity index (χ0v) is 35.8. The average Bonchev–Trinajstić information content (AvgIpc) is 3.28. The van der Waals surface area contributed by atoms with Crippen molar-refractivity contribution >= 4 is 17.7 Å². The Morgan fingerprint density at radius 1 is 0.439 bits per heavy atom. The predicted molar refractivity (Wildman–Crippen MR) is 206 cm³/mol. The molecule has 29 nitrogen and oxygen atoms in total. The van der Waals surface area contributed by atoms with Gasteiger partial charge < -0.3 is 130 Å². The number of carbonyl (C=O) groups excluding carboxylic acids is 3. The molecule has 0 saturated carbocycles. The number of aliphatic hydroxyl groups is 14. The molecular weight excluding hydrogens is 902 g/mol. The fraction of sp³-hybridized carbons (Fsp3) is 0.919. The Morgan fingerprint density at radius 2 is 0.864 bits per heavy atom. The lowest BCUT2D eigenvalue weighted by Gasteiger charge is -2.50. The average molecular weight is 966 g/mol. The van der Waals surface area contributed by atoms with Crippen molar-refractivity contribution in [2.75, 3.05) is 33.0 Å². The molecule has 5 saturated heterocycles. The van der Waals surface area contributed by atoms with Gasteiger partial charge in [0, 0.05) is 20.3 Å². The molecule has 5 rings (SSSR count). The van der Waals surface area contributed by atoms with Gasteiger partial charge in [-0.15, -0.1) is 0 Å². The van der Waals surface area contributed by atoms with Gasteiger partial charge in [0.25, 0.3) is 0 Å². The third-order valence-corrected chi connectivity index (χ3v) is 11.8. The lowest BCUT2D eigenvalue weighted by Crippen LogP contribution is -2.71. The van der Waals surface area contributed by atoms with Crippen LogP contribution in [0.15, 0.2) is 0 Å². The molecule has 0 aromatic carbocycles. The van der Waals surface area contributed by atoms with E-state index in [4.69, 9.17) is 42.6 Å². The fourth-order valence-electron chi connectivity index (χ4n) is 8.14. The SMILES string of the molecule is CCC(=O)N[C@@H]1OC(CO)[C@@H](OC2OC(CO)[C@@H](O[C@@H]3OC(CO[C@H]4OC(CO)[C@@H](O)[C@H](O)C4O)[C@@H](O)[C@H](OC4OC(CO)[C@@H](O)[C@H](O)C4O)C3O)[C@H](O)C2NC(C)=O)[C@H](O)C1NC(C)=O. The first kappa shape index (κ1) is 54.4. The lowest BCUT2D eigenvalue weighted by molar-refractivity contribution is -0.383. The largest absolute Gasteiger partial charge is 0.394 e. The van der Waals surface area contributed by atoms with Crippen LogP contribution in [0.5, 0.6) is 0 Å². The summed E-state index contributed by atoms with van der Waals surface area (Å²) in [6, 6.07) is -3.09. The fourth-order valence-corrected chi connectivity index (χ4v) is 8.14. The van der Waals surface area contributed by atoms with E-state index in [0.29, 0.717) is 0 Å². The first-order chi connectivity index (χ1) is 31.2. The van der Waals surface area contributed by atoms with E-state index in [1.165, 1.54) is 6.92 Å². The van der Waals surface area contributed by atoms with Crippen molar-refractivity contribution in [2.45, 2.75) is 181 Å². The quantitative estimate of drug-likeness (QED) is 0.0643. The van der Waals surface area contributed by atoms with E-state index in [1.807, 2.05) is 0 Å². The monoisotopic (exact) mass is 965 g/mol. The third-order valence-electron chi connectivity index (χ3n) is 11.8. The maximum absolute atomic E-state index is 12.6. The van der Waals surface area contributed by atoms with Crippen molar-refractivity contribution in [3.8, 4) is 0 Å². The molecule has 5 heterocycles. The Balaban J connectivity index is 1.42. The molecule has 0 radical (unpaired) electrons. The Bertz CT molecular complexity index is 1570. The zero-order valence-electron chi connectivity index (χ0n) is 35.8. The van der Waals surface area contributed by atoms with Crippen LogP contribution in [0.2, 0.25) is 0 Å². The van der Waals surface area contributed by atoms with E-state index < -0.39 is 204 Å². The summed E-state index contributed by atoms with van der Waals surface area (Å²) in [5.74, 6) is -2.00. The highest BCUT2D eigenvalue weighted by molar-refractivity contribution is 5.76. The van der Waals surface area contributed by atoms with Gasteiger partial charge in [0.15, 0.2) is 31.4 Å². The molecule has 5 aliphatic heterocycles. The molecule has 12 unspecified atom stereocenters. The molecule has 5 aliphatic rings. The normalized spacial score (nSPS) is 46.6. The van der Waals surface area contributed by atoms with Gasteiger partial charge in [-0.3, -0.25) is 14.4 Å². The number of carbonyl (C=O) groups is 3. The highest BCUT2D eigenvalue weighted by Crippen LogP contribution is 2.35. The molecule has 25 atom stereocenters. The van der Waals surface area contributed by atoms with Gasteiger partial charge in [0.2, 0.25) is 17.7 Å². The number of rotatable bonds is 17. The number of nitrogens with one attached hydrogen (secondary N) is 3. The highest BCUT2D eigenvalue weighted by Gasteiger charge is 2.56. The van der Waals surface area contributed by atoms with Crippen LogP contribution in [-0.2, 0) is 57.0 Å². The summed E-state index contributed by atoms with van der Waals surface area (Å²) in [4.78, 5) is 37.0. The summed E-state index contributed by atoms with van der Waals surface area (Å²) in [5, 5.41) is 156. The van der Waals surface area contributed by atoms with Crippen LogP contribution in [0, 0.1) is 0 Å². The maximum Gasteiger partial charge on any atom is 0.221 e. The summed E-state index contributed by atoms with van der Waals surface area (Å²) in [6.45, 7) is -0.748. The number of hydrogen-bond donors (Lipinski definition) is 17. The summed E-state index contributed by atoms with van der Waals surface area (Å²) in [5.41, 5.74) is 0. The Kier molecular flexibility index (Phi) is 19.7. The molecule has 0 aromatic rings. The Hall–Kier alpha value is -2.51. The summed E-state index contributed by atoms with van der Waals surface area (Å²) in [7, 11) is 0. The zero-order chi connectivity index (χ0) is 48.9. The van der Waals surface area contributed by atoms with E-state index in [9.17, 15) is 85.9 Å². The topological polar surface area (TPSA) is 454 Å². The van der Waals surface area contributed by atoms with Gasteiger partial charge in [-0.2, -0.15) is 0 Å². The van der Waals surface area contributed by atoms with Crippen LogP contribution in [0.3, 0.4) is 0 Å². The van der Waals surface area contributed by atoms with Gasteiger partial charge in [-0.1, -0.05) is 6.92 Å². The maximum atomic E-state index is 12.6. The lowest BCUT2D eigenvalue weighted by atomic mass is 9.93. The van der Waals surface area contributed by atoms with E-state index in [0.717, 1.165) is 13.8 Å². The molecule has 29 heteroatoms. The van der Waals surface area contributed by atoms with Gasteiger partial charge in [0.1, 0.15) is 122 Å². The van der Waals surface area contributed by atoms with Crippen LogP contribution >= 0.6 is 0 Å². The Morgan fingerprint density at radius 3 is 1.39 bits per heavy atom. The van der Waals surface area contributed by atoms with Crippen LogP contribution in [-0.4, -0.2) is 276 Å². The number of hydrogen-bond acceptors (Lipinski definition) is 26. The number of amides is 3. The molecule has 66 heavy (non-hydrogen) atoms. The van der Waals surface area contributed by atoms with Crippen molar-refractivity contribution in [3.63, 3.8) is 0 Å². The second kappa shape index (κ2) is 23.9. The molecule has 17 N–H and O–H groups in total. The van der Waals surface area contributed by atoms with Crippen molar-refractivity contribution < 1.29 is 129 Å². The molecule has 5 fully saturated rings. The summed E-state index contributed by atoms with van der Waals surface area (Å²) in [6.07, 6.45) is -41.9. The second-order valence-electron chi connectivity index (χ2n) is 16.4. The summed E-state index contributed by atoms with van der Waals surface area (Å²) >= 11 is 0. The van der Waals surface area contributed by atoms with Gasteiger partial charge in [-0.05, 0) is 0 Å². The van der Waals surface area contributed by atoms with Crippen LogP contribution < -0.4 is 16.0 Å². The smallest absolute Gasteiger partial charge is 0.221 e. The van der Waals surface area contributed by atoms with Crippen molar-refractivity contribution in [1.29, 1.82) is 0 Å². The Labute approximate surface area is 375 Å². The van der Waals surface area contributed by atoms with E-state index in [1.54, 1.807) is 0 Å². The standard InChI is InChI=1S/C37H63N3O26/c1-4-17(47)40-33-18(38-10(2)45)23(51)30(14(7-43)59-33)64-34-19(39-11(3)46)24(52)31(15(8-44)62-34)65-37-29(57)32(66-36-28(56)26(54)21(49)13(6-42)61-36)22(50)16(63-37)9-58-35-27(55)25(53)20(48)12(5-41)60-35/h12-16,18-37,41-44,48-57H,4-9H2,1-3H3,(H,38,45)(H,39,46)(H,40,47)/t12?,13?,14?,15?,16?,18?,19?,20-,21-,22-,23-,24-,25+,26+,27?,28?,29?,30-,31-,32+,33-,34?,35+,36?,37+/m1/s1. The van der Waals surface area contributed by atoms with Crippen LogP contribution in [0.4, 0.5) is 0 Å². The minimum absolute atomic E-state index is 0.0174. The number of aliphatic hydroxyl groups excluding tert-OH is 14. The minimum atomic E-state index is -2.19. The van der Waals surface area contributed by atoms with E-state index >= 15 is 0 Å².